The van der Waals surface area contributed by atoms with Gasteiger partial charge in [0.25, 0.3) is 5.91 Å². The third-order valence-electron chi connectivity index (χ3n) is 3.61. The third-order valence-corrected chi connectivity index (χ3v) is 4.33. The zero-order valence-corrected chi connectivity index (χ0v) is 13.5. The van der Waals surface area contributed by atoms with Crippen LogP contribution in [0.2, 0.25) is 0 Å². The highest BCUT2D eigenvalue weighted by Crippen LogP contribution is 2.18. The van der Waals surface area contributed by atoms with Crippen LogP contribution < -0.4 is 5.46 Å². The minimum Gasteiger partial charge on any atom is -0.423 e. The summed E-state index contributed by atoms with van der Waals surface area (Å²) in [5.41, 5.74) is 1.09. The molecule has 7 heteroatoms. The van der Waals surface area contributed by atoms with E-state index in [-0.39, 0.29) is 24.1 Å². The van der Waals surface area contributed by atoms with Crippen molar-refractivity contribution in [2.45, 2.75) is 26.5 Å². The number of carbonyl (C=O) groups excluding carboxylic acids is 1. The van der Waals surface area contributed by atoms with E-state index in [2.05, 4.69) is 6.66 Å². The lowest BCUT2D eigenvalue weighted by atomic mass is 9.78. The lowest BCUT2D eigenvalue weighted by Crippen LogP contribution is -2.40. The van der Waals surface area contributed by atoms with Gasteiger partial charge in [0.1, 0.15) is 5.82 Å². The van der Waals surface area contributed by atoms with Crippen LogP contribution in [0.5, 0.6) is 0 Å². The van der Waals surface area contributed by atoms with Crippen molar-refractivity contribution < 1.29 is 18.9 Å². The van der Waals surface area contributed by atoms with Crippen LogP contribution in [0.15, 0.2) is 12.1 Å². The Morgan fingerprint density at radius 2 is 2.29 bits per heavy atom. The second kappa shape index (κ2) is 6.86. The van der Waals surface area contributed by atoms with Crippen LogP contribution in [-0.2, 0) is 11.3 Å². The summed E-state index contributed by atoms with van der Waals surface area (Å²) in [6.07, 6.45) is 0.905. The molecule has 1 N–H and O–H groups in total. The number of rotatable bonds is 5. The Morgan fingerprint density at radius 1 is 1.57 bits per heavy atom. The molecule has 0 fully saturated rings. The molecule has 2 rings (SSSR count). The van der Waals surface area contributed by atoms with Crippen molar-refractivity contribution in [2.24, 2.45) is 0 Å². The van der Waals surface area contributed by atoms with E-state index in [0.29, 0.717) is 17.6 Å². The van der Waals surface area contributed by atoms with Crippen LogP contribution in [0.25, 0.3) is 0 Å². The Bertz CT molecular complexity index is 541. The van der Waals surface area contributed by atoms with Crippen molar-refractivity contribution >= 4 is 27.1 Å². The highest BCUT2D eigenvalue weighted by atomic mass is 31.1. The van der Waals surface area contributed by atoms with Gasteiger partial charge in [-0.2, -0.15) is 0 Å². The average molecular weight is 311 g/mol. The molecule has 1 aromatic carbocycles. The fraction of sp³-hybridized carbons (Fsp3) is 0.500. The second-order valence-electron chi connectivity index (χ2n) is 5.39. The van der Waals surface area contributed by atoms with Crippen LogP contribution in [0.4, 0.5) is 4.39 Å². The van der Waals surface area contributed by atoms with E-state index >= 15 is 0 Å². The Kier molecular flexibility index (Phi) is 5.36. The zero-order valence-electron chi connectivity index (χ0n) is 12.5. The Labute approximate surface area is 126 Å². The van der Waals surface area contributed by atoms with E-state index in [1.54, 1.807) is 4.90 Å². The van der Waals surface area contributed by atoms with Gasteiger partial charge in [-0.05, 0) is 49.8 Å². The SMILES string of the molecule is CPCCN(C(=O)c1cc2c(cc1F)COB2O)C(C)C. The fourth-order valence-electron chi connectivity index (χ4n) is 2.39. The van der Waals surface area contributed by atoms with Crippen LogP contribution in [0.3, 0.4) is 0 Å². The molecule has 21 heavy (non-hydrogen) atoms. The first kappa shape index (κ1) is 16.4. The summed E-state index contributed by atoms with van der Waals surface area (Å²) in [5, 5.41) is 9.70. The lowest BCUT2D eigenvalue weighted by molar-refractivity contribution is 0.0714. The van der Waals surface area contributed by atoms with Gasteiger partial charge in [-0.1, -0.05) is 0 Å². The van der Waals surface area contributed by atoms with Crippen molar-refractivity contribution in [3.63, 3.8) is 0 Å². The maximum atomic E-state index is 14.2. The molecule has 0 aliphatic carbocycles. The molecular weight excluding hydrogens is 291 g/mol. The molecule has 1 aromatic rings. The van der Waals surface area contributed by atoms with Crippen molar-refractivity contribution in [3.05, 3.63) is 29.1 Å². The van der Waals surface area contributed by atoms with Crippen LogP contribution in [0.1, 0.15) is 29.8 Å². The summed E-state index contributed by atoms with van der Waals surface area (Å²) in [5.74, 6) is -0.885. The minimum atomic E-state index is -1.07. The number of hydrogen-bond donors (Lipinski definition) is 1. The van der Waals surface area contributed by atoms with E-state index in [0.717, 1.165) is 14.7 Å². The molecule has 0 saturated carbocycles. The number of carbonyl (C=O) groups is 1. The summed E-state index contributed by atoms with van der Waals surface area (Å²) in [6.45, 7) is 6.69. The first-order valence-electron chi connectivity index (χ1n) is 7.03. The van der Waals surface area contributed by atoms with Gasteiger partial charge in [0, 0.05) is 12.6 Å². The number of amides is 1. The largest absolute Gasteiger partial charge is 0.491 e. The average Bonchev–Trinajstić information content (AvgIpc) is 2.78. The Balaban J connectivity index is 2.31. The smallest absolute Gasteiger partial charge is 0.423 e. The maximum absolute atomic E-state index is 14.2. The van der Waals surface area contributed by atoms with Crippen molar-refractivity contribution in [1.82, 2.24) is 4.90 Å². The van der Waals surface area contributed by atoms with Crippen LogP contribution in [0, 0.1) is 5.82 Å². The van der Waals surface area contributed by atoms with E-state index in [1.807, 2.05) is 13.8 Å². The fourth-order valence-corrected chi connectivity index (χ4v) is 2.85. The highest BCUT2D eigenvalue weighted by Gasteiger charge is 2.31. The number of nitrogens with zero attached hydrogens (tertiary/aromatic N) is 1. The van der Waals surface area contributed by atoms with Gasteiger partial charge in [0.05, 0.1) is 12.2 Å². The first-order valence-corrected chi connectivity index (χ1v) is 8.74. The van der Waals surface area contributed by atoms with Gasteiger partial charge >= 0.3 is 7.12 Å². The van der Waals surface area contributed by atoms with Crippen molar-refractivity contribution in [3.8, 4) is 0 Å². The monoisotopic (exact) mass is 311 g/mol. The maximum Gasteiger partial charge on any atom is 0.491 e. The number of hydrogen-bond acceptors (Lipinski definition) is 3. The molecule has 1 atom stereocenters. The minimum absolute atomic E-state index is 0.00248. The van der Waals surface area contributed by atoms with Crippen molar-refractivity contribution in [2.75, 3.05) is 19.4 Å². The summed E-state index contributed by atoms with van der Waals surface area (Å²) >= 11 is 0. The van der Waals surface area contributed by atoms with E-state index in [4.69, 9.17) is 4.65 Å². The Morgan fingerprint density at radius 3 is 2.90 bits per heavy atom. The van der Waals surface area contributed by atoms with Crippen LogP contribution in [-0.4, -0.2) is 48.4 Å². The third kappa shape index (κ3) is 3.45. The molecule has 1 heterocycles. The molecular formula is C14H20BFNO3P. The zero-order chi connectivity index (χ0) is 15.6. The quantitative estimate of drug-likeness (QED) is 0.657. The molecule has 0 saturated heterocycles. The van der Waals surface area contributed by atoms with E-state index in [1.165, 1.54) is 12.1 Å². The predicted octanol–water partition coefficient (Wildman–Crippen LogP) is 1.20. The van der Waals surface area contributed by atoms with Gasteiger partial charge in [-0.25, -0.2) is 4.39 Å². The van der Waals surface area contributed by atoms with Gasteiger partial charge in [0.2, 0.25) is 0 Å². The molecule has 1 aliphatic rings. The van der Waals surface area contributed by atoms with Gasteiger partial charge in [-0.15, -0.1) is 8.58 Å². The Hall–Kier alpha value is -0.965. The predicted molar refractivity (Wildman–Crippen MR) is 84.1 cm³/mol. The molecule has 4 nitrogen and oxygen atoms in total. The van der Waals surface area contributed by atoms with Crippen molar-refractivity contribution in [1.29, 1.82) is 0 Å². The number of halogens is 1. The topological polar surface area (TPSA) is 49.8 Å². The molecule has 1 unspecified atom stereocenters. The van der Waals surface area contributed by atoms with E-state index in [9.17, 15) is 14.2 Å². The molecule has 0 spiro atoms. The van der Waals surface area contributed by atoms with E-state index < -0.39 is 12.9 Å². The summed E-state index contributed by atoms with van der Waals surface area (Å²) in [6, 6.07) is 2.72. The van der Waals surface area contributed by atoms with Crippen LogP contribution >= 0.6 is 8.58 Å². The standard InChI is InChI=1S/C14H20BFNO3P/c1-9(2)17(4-5-21-3)14(18)11-7-12-10(6-13(11)16)8-20-15(12)19/h6-7,9,19,21H,4-5,8H2,1-3H3. The second-order valence-corrected chi connectivity index (χ2v) is 6.60. The number of fused-ring (bicyclic) bond motifs is 1. The molecule has 0 aromatic heterocycles. The summed E-state index contributed by atoms with van der Waals surface area (Å²) < 4.78 is 19.2. The molecule has 114 valence electrons. The highest BCUT2D eigenvalue weighted by molar-refractivity contribution is 7.37. The summed E-state index contributed by atoms with van der Waals surface area (Å²) in [4.78, 5) is 14.3. The van der Waals surface area contributed by atoms with Gasteiger partial charge in [-0.3, -0.25) is 4.79 Å². The lowest BCUT2D eigenvalue weighted by Gasteiger charge is -2.27. The molecule has 1 aliphatic heterocycles. The summed E-state index contributed by atoms with van der Waals surface area (Å²) in [7, 11) is -0.327. The molecule has 1 amide bonds. The normalized spacial score (nSPS) is 14.3. The van der Waals surface area contributed by atoms with Gasteiger partial charge in [0.15, 0.2) is 0 Å². The van der Waals surface area contributed by atoms with Gasteiger partial charge < -0.3 is 14.6 Å². The first-order chi connectivity index (χ1) is 9.95. The number of benzene rings is 1. The molecule has 0 bridgehead atoms. The molecule has 0 radical (unpaired) electrons.